The first-order chi connectivity index (χ1) is 12.1. The number of hydrogen-bond acceptors (Lipinski definition) is 3. The summed E-state index contributed by atoms with van der Waals surface area (Å²) in [5.41, 5.74) is 1.80. The lowest BCUT2D eigenvalue weighted by molar-refractivity contribution is 0.180. The Morgan fingerprint density at radius 3 is 2.72 bits per heavy atom. The van der Waals surface area contributed by atoms with Gasteiger partial charge in [0.1, 0.15) is 0 Å². The summed E-state index contributed by atoms with van der Waals surface area (Å²) in [4.78, 5) is 2.59. The standard InChI is InChI=1S/C22H33NO2/c1-16(2)25-19-10-9-18(14-20(19)24-15-17-7-8-17)22-11-5-4-6-21(22)23(3)13-12-22/h9-10,14,16-17,21H,4-8,11-13,15H2,1-3H3/t21?,22-/m0/s1. The largest absolute Gasteiger partial charge is 0.489 e. The Morgan fingerprint density at radius 2 is 1.96 bits per heavy atom. The second-order valence-electron chi connectivity index (χ2n) is 8.73. The third kappa shape index (κ3) is 3.40. The molecule has 3 nitrogen and oxygen atoms in total. The molecule has 3 heteroatoms. The quantitative estimate of drug-likeness (QED) is 0.742. The van der Waals surface area contributed by atoms with E-state index in [9.17, 15) is 0 Å². The fourth-order valence-corrected chi connectivity index (χ4v) is 4.94. The average molecular weight is 344 g/mol. The second-order valence-corrected chi connectivity index (χ2v) is 8.73. The van der Waals surface area contributed by atoms with Crippen molar-refractivity contribution in [2.45, 2.75) is 76.4 Å². The van der Waals surface area contributed by atoms with Crippen LogP contribution in [0.3, 0.4) is 0 Å². The van der Waals surface area contributed by atoms with Gasteiger partial charge >= 0.3 is 0 Å². The molecule has 1 saturated heterocycles. The molecule has 3 aliphatic rings. The van der Waals surface area contributed by atoms with Crippen LogP contribution in [0.1, 0.15) is 64.4 Å². The minimum Gasteiger partial charge on any atom is -0.489 e. The lowest BCUT2D eigenvalue weighted by Gasteiger charge is -2.42. The highest BCUT2D eigenvalue weighted by Gasteiger charge is 2.48. The van der Waals surface area contributed by atoms with Crippen LogP contribution in [0, 0.1) is 5.92 Å². The Bertz CT molecular complexity index is 606. The molecule has 1 unspecified atom stereocenters. The van der Waals surface area contributed by atoms with Gasteiger partial charge in [-0.1, -0.05) is 18.9 Å². The van der Waals surface area contributed by atoms with Crippen LogP contribution in [0.5, 0.6) is 11.5 Å². The Balaban J connectivity index is 1.65. The third-order valence-electron chi connectivity index (χ3n) is 6.48. The van der Waals surface area contributed by atoms with Gasteiger partial charge in [-0.05, 0) is 83.2 Å². The van der Waals surface area contributed by atoms with Crippen molar-refractivity contribution >= 4 is 0 Å². The molecule has 2 aliphatic carbocycles. The van der Waals surface area contributed by atoms with Crippen LogP contribution in [0.4, 0.5) is 0 Å². The van der Waals surface area contributed by atoms with Gasteiger partial charge in [0, 0.05) is 11.5 Å². The highest BCUT2D eigenvalue weighted by Crippen LogP contribution is 2.50. The first-order valence-corrected chi connectivity index (χ1v) is 10.2. The maximum Gasteiger partial charge on any atom is 0.161 e. The van der Waals surface area contributed by atoms with E-state index in [-0.39, 0.29) is 6.10 Å². The molecule has 1 aromatic carbocycles. The van der Waals surface area contributed by atoms with Crippen molar-refractivity contribution < 1.29 is 9.47 Å². The molecule has 0 aromatic heterocycles. The van der Waals surface area contributed by atoms with Crippen LogP contribution in [-0.4, -0.2) is 37.2 Å². The van der Waals surface area contributed by atoms with Gasteiger partial charge in [-0.25, -0.2) is 0 Å². The van der Waals surface area contributed by atoms with Crippen LogP contribution in [0.25, 0.3) is 0 Å². The number of likely N-dealkylation sites (tertiary alicyclic amines) is 1. The van der Waals surface area contributed by atoms with Gasteiger partial charge in [0.2, 0.25) is 0 Å². The minimum absolute atomic E-state index is 0.173. The number of nitrogens with zero attached hydrogens (tertiary/aromatic N) is 1. The van der Waals surface area contributed by atoms with Crippen molar-refractivity contribution in [3.63, 3.8) is 0 Å². The van der Waals surface area contributed by atoms with Crippen LogP contribution >= 0.6 is 0 Å². The molecule has 0 bridgehead atoms. The number of ether oxygens (including phenoxy) is 2. The maximum absolute atomic E-state index is 6.23. The zero-order chi connectivity index (χ0) is 17.4. The Morgan fingerprint density at radius 1 is 1.12 bits per heavy atom. The van der Waals surface area contributed by atoms with E-state index < -0.39 is 0 Å². The molecular formula is C22H33NO2. The number of likely N-dealkylation sites (N-methyl/N-ethyl adjacent to an activating group) is 1. The van der Waals surface area contributed by atoms with Crippen LogP contribution in [-0.2, 0) is 5.41 Å². The van der Waals surface area contributed by atoms with E-state index in [1.54, 1.807) is 0 Å². The highest BCUT2D eigenvalue weighted by atomic mass is 16.5. The van der Waals surface area contributed by atoms with Gasteiger partial charge in [0.25, 0.3) is 0 Å². The van der Waals surface area contributed by atoms with E-state index in [0.717, 1.165) is 24.0 Å². The smallest absolute Gasteiger partial charge is 0.161 e. The van der Waals surface area contributed by atoms with Crippen molar-refractivity contribution in [3.8, 4) is 11.5 Å². The zero-order valence-electron chi connectivity index (χ0n) is 16.1. The second kappa shape index (κ2) is 6.83. The molecular weight excluding hydrogens is 310 g/mol. The summed E-state index contributed by atoms with van der Waals surface area (Å²) < 4.78 is 12.3. The van der Waals surface area contributed by atoms with Crippen molar-refractivity contribution in [1.82, 2.24) is 4.90 Å². The molecule has 0 radical (unpaired) electrons. The number of hydrogen-bond donors (Lipinski definition) is 0. The lowest BCUT2D eigenvalue weighted by atomic mass is 9.66. The molecule has 1 aliphatic heterocycles. The van der Waals surface area contributed by atoms with E-state index in [1.807, 2.05) is 0 Å². The molecule has 1 heterocycles. The molecule has 138 valence electrons. The van der Waals surface area contributed by atoms with E-state index in [1.165, 1.54) is 57.1 Å². The summed E-state index contributed by atoms with van der Waals surface area (Å²) in [6, 6.07) is 7.49. The molecule has 3 fully saturated rings. The summed E-state index contributed by atoms with van der Waals surface area (Å²) in [6.07, 6.45) is 9.46. The Hall–Kier alpha value is -1.22. The summed E-state index contributed by atoms with van der Waals surface area (Å²) in [5, 5.41) is 0. The SMILES string of the molecule is CC(C)Oc1ccc([C@@]23CCCCC2N(C)CC3)cc1OCC1CC1. The topological polar surface area (TPSA) is 21.7 Å². The number of fused-ring (bicyclic) bond motifs is 1. The van der Waals surface area contributed by atoms with Gasteiger partial charge in [0.15, 0.2) is 11.5 Å². The van der Waals surface area contributed by atoms with E-state index in [0.29, 0.717) is 11.5 Å². The highest BCUT2D eigenvalue weighted by molar-refractivity contribution is 5.46. The monoisotopic (exact) mass is 343 g/mol. The van der Waals surface area contributed by atoms with Crippen molar-refractivity contribution in [1.29, 1.82) is 0 Å². The van der Waals surface area contributed by atoms with Gasteiger partial charge in [-0.15, -0.1) is 0 Å². The van der Waals surface area contributed by atoms with Gasteiger partial charge in [0.05, 0.1) is 12.7 Å². The first-order valence-electron chi connectivity index (χ1n) is 10.2. The summed E-state index contributed by atoms with van der Waals surface area (Å²) in [7, 11) is 2.30. The number of benzene rings is 1. The van der Waals surface area contributed by atoms with Gasteiger partial charge < -0.3 is 14.4 Å². The molecule has 0 spiro atoms. The van der Waals surface area contributed by atoms with Crippen molar-refractivity contribution in [2.75, 3.05) is 20.2 Å². The lowest BCUT2D eigenvalue weighted by Crippen LogP contribution is -2.43. The summed E-state index contributed by atoms with van der Waals surface area (Å²) in [5.74, 6) is 2.63. The third-order valence-corrected chi connectivity index (χ3v) is 6.48. The van der Waals surface area contributed by atoms with Crippen molar-refractivity contribution in [3.05, 3.63) is 23.8 Å². The van der Waals surface area contributed by atoms with E-state index >= 15 is 0 Å². The minimum atomic E-state index is 0.173. The first kappa shape index (κ1) is 17.2. The molecule has 1 aromatic rings. The van der Waals surface area contributed by atoms with Crippen LogP contribution < -0.4 is 9.47 Å². The van der Waals surface area contributed by atoms with Crippen LogP contribution in [0.15, 0.2) is 18.2 Å². The average Bonchev–Trinajstić information content (AvgIpc) is 3.37. The van der Waals surface area contributed by atoms with Gasteiger partial charge in [-0.2, -0.15) is 0 Å². The molecule has 2 atom stereocenters. The Kier molecular flexibility index (Phi) is 4.70. The molecule has 4 rings (SSSR count). The summed E-state index contributed by atoms with van der Waals surface area (Å²) in [6.45, 7) is 6.22. The molecule has 0 amide bonds. The van der Waals surface area contributed by atoms with Crippen molar-refractivity contribution in [2.24, 2.45) is 5.92 Å². The molecule has 2 saturated carbocycles. The molecule has 25 heavy (non-hydrogen) atoms. The fraction of sp³-hybridized carbons (Fsp3) is 0.727. The fourth-order valence-electron chi connectivity index (χ4n) is 4.94. The Labute approximate surface area is 152 Å². The predicted molar refractivity (Wildman–Crippen MR) is 102 cm³/mol. The predicted octanol–water partition coefficient (Wildman–Crippen LogP) is 4.78. The summed E-state index contributed by atoms with van der Waals surface area (Å²) >= 11 is 0. The maximum atomic E-state index is 6.23. The van der Waals surface area contributed by atoms with Crippen LogP contribution in [0.2, 0.25) is 0 Å². The van der Waals surface area contributed by atoms with E-state index in [2.05, 4.69) is 44.0 Å². The number of rotatable bonds is 6. The normalized spacial score (nSPS) is 29.7. The van der Waals surface area contributed by atoms with Gasteiger partial charge in [-0.3, -0.25) is 0 Å². The van der Waals surface area contributed by atoms with E-state index in [4.69, 9.17) is 9.47 Å². The zero-order valence-corrected chi connectivity index (χ0v) is 16.1. The molecule has 0 N–H and O–H groups in total.